The number of amides is 1. The predicted molar refractivity (Wildman–Crippen MR) is 113 cm³/mol. The third-order valence-electron chi connectivity index (χ3n) is 5.36. The Labute approximate surface area is 185 Å². The molecule has 2 heterocycles. The van der Waals surface area contributed by atoms with Gasteiger partial charge < -0.3 is 16.2 Å². The van der Waals surface area contributed by atoms with E-state index in [4.69, 9.17) is 5.73 Å². The maximum atomic E-state index is 12.9. The van der Waals surface area contributed by atoms with E-state index in [1.807, 2.05) is 13.0 Å². The van der Waals surface area contributed by atoms with Crippen LogP contribution >= 0.6 is 11.3 Å². The number of nitrogens with zero attached hydrogens (tertiary/aromatic N) is 3. The normalized spacial score (nSPS) is 21.0. The second-order valence-electron chi connectivity index (χ2n) is 7.88. The molecule has 1 aliphatic carbocycles. The summed E-state index contributed by atoms with van der Waals surface area (Å²) in [4.78, 5) is 24.0. The van der Waals surface area contributed by atoms with Gasteiger partial charge >= 0.3 is 6.18 Å². The van der Waals surface area contributed by atoms with E-state index in [0.717, 1.165) is 28.3 Å². The van der Waals surface area contributed by atoms with Crippen molar-refractivity contribution in [2.45, 2.75) is 38.0 Å². The standard InChI is InChI=1S/C21H20F3N5O2S/c1-11-6-13(8-14(7-11)28-19-26-5-3-16(29-19)21(22,23)24)15-10-27-18(32-15)20(31)4-2-12(9-20)17(25)30/h3,5-8,10,12,31H,2,4,9H2,1H3,(H2,25,30)(H,26,28,29)/t12-,20-/m1/s1. The van der Waals surface area contributed by atoms with Crippen LogP contribution in [0.2, 0.25) is 0 Å². The Balaban J connectivity index is 1.59. The molecule has 7 nitrogen and oxygen atoms in total. The number of aromatic nitrogens is 3. The van der Waals surface area contributed by atoms with Crippen LogP contribution in [-0.2, 0) is 16.6 Å². The number of benzene rings is 1. The first-order valence-corrected chi connectivity index (χ1v) is 10.6. The van der Waals surface area contributed by atoms with Crippen LogP contribution < -0.4 is 11.1 Å². The molecule has 1 aliphatic rings. The minimum absolute atomic E-state index is 0.167. The first kappa shape index (κ1) is 22.2. The van der Waals surface area contributed by atoms with Gasteiger partial charge in [0, 0.05) is 24.0 Å². The van der Waals surface area contributed by atoms with Crippen molar-refractivity contribution in [3.8, 4) is 10.4 Å². The number of nitrogens with one attached hydrogen (secondary N) is 1. The average molecular weight is 463 g/mol. The Morgan fingerprint density at radius 3 is 2.78 bits per heavy atom. The molecule has 2 aromatic heterocycles. The molecule has 1 aromatic carbocycles. The van der Waals surface area contributed by atoms with Gasteiger partial charge in [0.2, 0.25) is 11.9 Å². The van der Waals surface area contributed by atoms with Gasteiger partial charge in [-0.3, -0.25) is 4.79 Å². The van der Waals surface area contributed by atoms with Gasteiger partial charge in [0.15, 0.2) is 0 Å². The molecule has 4 rings (SSSR count). The number of hydrogen-bond donors (Lipinski definition) is 3. The van der Waals surface area contributed by atoms with Gasteiger partial charge in [-0.25, -0.2) is 15.0 Å². The smallest absolute Gasteiger partial charge is 0.383 e. The number of anilines is 2. The van der Waals surface area contributed by atoms with Crippen molar-refractivity contribution >= 4 is 28.9 Å². The van der Waals surface area contributed by atoms with Gasteiger partial charge in [-0.05, 0) is 55.5 Å². The number of aliphatic hydroxyl groups is 1. The van der Waals surface area contributed by atoms with Crippen molar-refractivity contribution in [1.82, 2.24) is 15.0 Å². The molecule has 0 spiro atoms. The Kier molecular flexibility index (Phi) is 5.63. The molecule has 32 heavy (non-hydrogen) atoms. The number of carbonyl (C=O) groups is 1. The van der Waals surface area contributed by atoms with Crippen molar-refractivity contribution in [3.63, 3.8) is 0 Å². The van der Waals surface area contributed by atoms with Crippen molar-refractivity contribution < 1.29 is 23.1 Å². The summed E-state index contributed by atoms with van der Waals surface area (Å²) in [5.41, 5.74) is 5.30. The number of thiazole rings is 1. The average Bonchev–Trinajstić information content (AvgIpc) is 3.35. The first-order chi connectivity index (χ1) is 15.0. The van der Waals surface area contributed by atoms with Crippen molar-refractivity contribution in [2.75, 3.05) is 5.32 Å². The van der Waals surface area contributed by atoms with Crippen molar-refractivity contribution in [1.29, 1.82) is 0 Å². The van der Waals surface area contributed by atoms with Crippen molar-refractivity contribution in [3.05, 3.63) is 52.9 Å². The fourth-order valence-corrected chi connectivity index (χ4v) is 4.82. The molecule has 11 heteroatoms. The number of carbonyl (C=O) groups excluding carboxylic acids is 1. The summed E-state index contributed by atoms with van der Waals surface area (Å²) in [6.45, 7) is 1.85. The van der Waals surface area contributed by atoms with E-state index in [9.17, 15) is 23.1 Å². The number of halogens is 3. The summed E-state index contributed by atoms with van der Waals surface area (Å²) in [6.07, 6.45) is -0.731. The molecule has 1 fully saturated rings. The number of aryl methyl sites for hydroxylation is 1. The molecule has 2 atom stereocenters. The lowest BCUT2D eigenvalue weighted by atomic mass is 10.0. The molecule has 0 bridgehead atoms. The molecule has 0 radical (unpaired) electrons. The Morgan fingerprint density at radius 2 is 2.09 bits per heavy atom. The number of nitrogens with two attached hydrogens (primary N) is 1. The van der Waals surface area contributed by atoms with Gasteiger partial charge in [0.25, 0.3) is 0 Å². The second kappa shape index (κ2) is 8.14. The maximum absolute atomic E-state index is 12.9. The zero-order chi connectivity index (χ0) is 23.1. The molecule has 0 aliphatic heterocycles. The minimum atomic E-state index is -4.57. The Bertz CT molecular complexity index is 1170. The van der Waals surface area contributed by atoms with Crippen LogP contribution in [0.5, 0.6) is 0 Å². The van der Waals surface area contributed by atoms with Crippen LogP contribution in [0.4, 0.5) is 24.8 Å². The molecule has 4 N–H and O–H groups in total. The van der Waals surface area contributed by atoms with E-state index in [2.05, 4.69) is 20.3 Å². The lowest BCUT2D eigenvalue weighted by Gasteiger charge is -2.19. The Morgan fingerprint density at radius 1 is 1.31 bits per heavy atom. The van der Waals surface area contributed by atoms with Gasteiger partial charge in [-0.1, -0.05) is 6.07 Å². The van der Waals surface area contributed by atoms with Crippen LogP contribution in [0.3, 0.4) is 0 Å². The predicted octanol–water partition coefficient (Wildman–Crippen LogP) is 4.14. The minimum Gasteiger partial charge on any atom is -0.383 e. The highest BCUT2D eigenvalue weighted by Gasteiger charge is 2.43. The summed E-state index contributed by atoms with van der Waals surface area (Å²) in [5, 5.41) is 14.3. The SMILES string of the molecule is Cc1cc(Nc2nccc(C(F)(F)F)n2)cc(-c2cnc([C@@]3(O)CC[C@@H](C(N)=O)C3)s2)c1. The van der Waals surface area contributed by atoms with Gasteiger partial charge in [-0.2, -0.15) is 13.2 Å². The first-order valence-electron chi connectivity index (χ1n) is 9.81. The fourth-order valence-electron chi connectivity index (χ4n) is 3.79. The number of alkyl halides is 3. The molecular formula is C21H20F3N5O2S. The number of hydrogen-bond acceptors (Lipinski definition) is 7. The fraction of sp³-hybridized carbons (Fsp3) is 0.333. The lowest BCUT2D eigenvalue weighted by Crippen LogP contribution is -2.26. The van der Waals surface area contributed by atoms with Crippen LogP contribution in [-0.4, -0.2) is 26.0 Å². The highest BCUT2D eigenvalue weighted by atomic mass is 32.1. The molecule has 0 saturated heterocycles. The molecule has 3 aromatic rings. The van der Waals surface area contributed by atoms with E-state index in [1.165, 1.54) is 11.3 Å². The monoisotopic (exact) mass is 463 g/mol. The lowest BCUT2D eigenvalue weighted by molar-refractivity contribution is -0.141. The third-order valence-corrected chi connectivity index (χ3v) is 6.60. The molecule has 1 saturated carbocycles. The maximum Gasteiger partial charge on any atom is 0.433 e. The Hall–Kier alpha value is -3.05. The summed E-state index contributed by atoms with van der Waals surface area (Å²) < 4.78 is 38.7. The van der Waals surface area contributed by atoms with E-state index >= 15 is 0 Å². The zero-order valence-corrected chi connectivity index (χ0v) is 17.8. The zero-order valence-electron chi connectivity index (χ0n) is 17.0. The van der Waals surface area contributed by atoms with Crippen LogP contribution in [0.15, 0.2) is 36.7 Å². The van der Waals surface area contributed by atoms with Gasteiger partial charge in [0.05, 0.1) is 4.88 Å². The van der Waals surface area contributed by atoms with Crippen LogP contribution in [0, 0.1) is 12.8 Å². The topological polar surface area (TPSA) is 114 Å². The van der Waals surface area contributed by atoms with Gasteiger partial charge in [-0.15, -0.1) is 11.3 Å². The van der Waals surface area contributed by atoms with Gasteiger partial charge in [0.1, 0.15) is 16.3 Å². The summed E-state index contributed by atoms with van der Waals surface area (Å²) in [7, 11) is 0. The van der Waals surface area contributed by atoms with Crippen molar-refractivity contribution in [2.24, 2.45) is 11.7 Å². The highest BCUT2D eigenvalue weighted by Crippen LogP contribution is 2.45. The summed E-state index contributed by atoms with van der Waals surface area (Å²) in [5.74, 6) is -0.974. The highest BCUT2D eigenvalue weighted by molar-refractivity contribution is 7.15. The second-order valence-corrected chi connectivity index (χ2v) is 8.91. The van der Waals surface area contributed by atoms with Crippen LogP contribution in [0.25, 0.3) is 10.4 Å². The number of rotatable bonds is 5. The largest absolute Gasteiger partial charge is 0.433 e. The molecule has 0 unspecified atom stereocenters. The molecule has 1 amide bonds. The van der Waals surface area contributed by atoms with Crippen LogP contribution in [0.1, 0.15) is 35.5 Å². The summed E-state index contributed by atoms with van der Waals surface area (Å²) in [6, 6.07) is 6.22. The van der Waals surface area contributed by atoms with E-state index < -0.39 is 23.4 Å². The summed E-state index contributed by atoms with van der Waals surface area (Å²) >= 11 is 1.30. The third kappa shape index (κ3) is 4.58. The van der Waals surface area contributed by atoms with E-state index in [1.54, 1.807) is 18.3 Å². The molecular weight excluding hydrogens is 443 g/mol. The van der Waals surface area contributed by atoms with E-state index in [-0.39, 0.29) is 18.3 Å². The van der Waals surface area contributed by atoms with E-state index in [0.29, 0.717) is 23.5 Å². The molecule has 168 valence electrons. The quantitative estimate of drug-likeness (QED) is 0.524. The number of primary amides is 1.